The number of allylic oxidation sites excluding steroid dienone is 1. The molecule has 3 heterocycles. The number of nitrogens with zero attached hydrogens (tertiary/aromatic N) is 2. The molecular formula is C25H22N2O2S2. The zero-order valence-corrected chi connectivity index (χ0v) is 18.7. The molecule has 0 N–H and O–H groups in total. The number of thioether (sulfide) groups is 1. The van der Waals surface area contributed by atoms with E-state index in [0.29, 0.717) is 12.4 Å². The van der Waals surface area contributed by atoms with E-state index in [2.05, 4.69) is 47.6 Å². The lowest BCUT2D eigenvalue weighted by Gasteiger charge is -2.28. The number of rotatable bonds is 6. The van der Waals surface area contributed by atoms with Crippen LogP contribution in [0.1, 0.15) is 22.9 Å². The molecule has 0 aliphatic carbocycles. The first-order chi connectivity index (χ1) is 15.2. The maximum absolute atomic E-state index is 12.9. The number of benzene rings is 2. The third kappa shape index (κ3) is 4.27. The van der Waals surface area contributed by atoms with Gasteiger partial charge < -0.3 is 9.64 Å². The van der Waals surface area contributed by atoms with Gasteiger partial charge >= 0.3 is 0 Å². The van der Waals surface area contributed by atoms with Crippen molar-refractivity contribution in [1.82, 2.24) is 9.47 Å². The minimum Gasteiger partial charge on any atom is -0.489 e. The Bertz CT molecular complexity index is 1260. The van der Waals surface area contributed by atoms with E-state index in [-0.39, 0.29) is 11.1 Å². The summed E-state index contributed by atoms with van der Waals surface area (Å²) in [7, 11) is 0. The van der Waals surface area contributed by atoms with Gasteiger partial charge in [0.1, 0.15) is 12.4 Å². The normalized spacial score (nSPS) is 16.0. The third-order valence-corrected chi connectivity index (χ3v) is 7.59. The van der Waals surface area contributed by atoms with Gasteiger partial charge in [-0.3, -0.25) is 9.36 Å². The maximum Gasteiger partial charge on any atom is 0.256 e. The SMILES string of the molecule is CC1=CSC(n2ccc(OCc3ccccc3)cc2=O)N1Cc1cc2ccccc2s1. The molecule has 0 amide bonds. The van der Waals surface area contributed by atoms with Crippen molar-refractivity contribution in [3.05, 3.63) is 111 Å². The highest BCUT2D eigenvalue weighted by Gasteiger charge is 2.27. The van der Waals surface area contributed by atoms with Gasteiger partial charge in [-0.15, -0.1) is 11.3 Å². The number of hydrogen-bond acceptors (Lipinski definition) is 5. The highest BCUT2D eigenvalue weighted by Crippen LogP contribution is 2.40. The molecule has 1 unspecified atom stereocenters. The van der Waals surface area contributed by atoms with E-state index in [9.17, 15) is 4.79 Å². The molecule has 0 spiro atoms. The molecule has 1 aliphatic rings. The molecule has 1 atom stereocenters. The lowest BCUT2D eigenvalue weighted by molar-refractivity contribution is 0.264. The van der Waals surface area contributed by atoms with Crippen LogP contribution < -0.4 is 10.3 Å². The fourth-order valence-corrected chi connectivity index (χ4v) is 5.87. The number of fused-ring (bicyclic) bond motifs is 1. The Morgan fingerprint density at radius 3 is 2.61 bits per heavy atom. The highest BCUT2D eigenvalue weighted by molar-refractivity contribution is 8.02. The van der Waals surface area contributed by atoms with Gasteiger partial charge in [0, 0.05) is 27.5 Å². The summed E-state index contributed by atoms with van der Waals surface area (Å²) >= 11 is 3.47. The number of pyridine rings is 1. The summed E-state index contributed by atoms with van der Waals surface area (Å²) < 4.78 is 8.89. The van der Waals surface area contributed by atoms with Gasteiger partial charge in [0.05, 0.1) is 6.54 Å². The molecule has 156 valence electrons. The third-order valence-electron chi connectivity index (χ3n) is 5.29. The number of aromatic nitrogens is 1. The standard InChI is InChI=1S/C25H22N2O2S2/c1-18-17-30-25(27(18)15-22-13-20-9-5-6-10-23(20)31-22)26-12-11-21(14-24(26)28)29-16-19-7-3-2-4-8-19/h2-14,17,25H,15-16H2,1H3. The van der Waals surface area contributed by atoms with Crippen LogP contribution in [0.2, 0.25) is 0 Å². The zero-order valence-electron chi connectivity index (χ0n) is 17.1. The van der Waals surface area contributed by atoms with Gasteiger partial charge in [-0.2, -0.15) is 0 Å². The first-order valence-electron chi connectivity index (χ1n) is 10.1. The van der Waals surface area contributed by atoms with Gasteiger partial charge in [-0.25, -0.2) is 0 Å². The Morgan fingerprint density at radius 1 is 1.00 bits per heavy atom. The van der Waals surface area contributed by atoms with E-state index in [4.69, 9.17) is 4.74 Å². The second kappa shape index (κ2) is 8.65. The first kappa shape index (κ1) is 20.0. The van der Waals surface area contributed by atoms with E-state index in [1.165, 1.54) is 20.7 Å². The second-order valence-electron chi connectivity index (χ2n) is 7.48. The molecular weight excluding hydrogens is 424 g/mol. The molecule has 0 radical (unpaired) electrons. The molecule has 0 saturated carbocycles. The predicted molar refractivity (Wildman–Crippen MR) is 129 cm³/mol. The number of ether oxygens (including phenoxy) is 1. The lowest BCUT2D eigenvalue weighted by atomic mass is 10.2. The second-order valence-corrected chi connectivity index (χ2v) is 9.58. The average molecular weight is 447 g/mol. The summed E-state index contributed by atoms with van der Waals surface area (Å²) in [5.41, 5.74) is 2.09. The molecule has 4 nitrogen and oxygen atoms in total. The topological polar surface area (TPSA) is 34.5 Å². The van der Waals surface area contributed by atoms with Crippen molar-refractivity contribution in [3.8, 4) is 5.75 Å². The van der Waals surface area contributed by atoms with Gasteiger partial charge in [0.25, 0.3) is 5.56 Å². The van der Waals surface area contributed by atoms with Crippen LogP contribution >= 0.6 is 23.1 Å². The molecule has 4 aromatic rings. The Morgan fingerprint density at radius 2 is 1.81 bits per heavy atom. The Labute approximate surface area is 189 Å². The highest BCUT2D eigenvalue weighted by atomic mass is 32.2. The largest absolute Gasteiger partial charge is 0.489 e. The molecule has 1 aliphatic heterocycles. The zero-order chi connectivity index (χ0) is 21.2. The van der Waals surface area contributed by atoms with E-state index in [0.717, 1.165) is 12.1 Å². The molecule has 2 aromatic heterocycles. The average Bonchev–Trinajstić information content (AvgIpc) is 3.36. The van der Waals surface area contributed by atoms with Crippen molar-refractivity contribution in [2.24, 2.45) is 0 Å². The molecule has 2 aromatic carbocycles. The van der Waals surface area contributed by atoms with E-state index >= 15 is 0 Å². The maximum atomic E-state index is 12.9. The van der Waals surface area contributed by atoms with Crippen LogP contribution in [-0.2, 0) is 13.2 Å². The molecule has 31 heavy (non-hydrogen) atoms. The van der Waals surface area contributed by atoms with E-state index in [1.54, 1.807) is 22.4 Å². The van der Waals surface area contributed by atoms with Crippen LogP contribution in [0.4, 0.5) is 0 Å². The molecule has 0 bridgehead atoms. The summed E-state index contributed by atoms with van der Waals surface area (Å²) in [5, 5.41) is 3.40. The minimum absolute atomic E-state index is 0.0625. The van der Waals surface area contributed by atoms with Crippen LogP contribution in [0.25, 0.3) is 10.1 Å². The van der Waals surface area contributed by atoms with E-state index < -0.39 is 0 Å². The van der Waals surface area contributed by atoms with Crippen molar-refractivity contribution in [3.63, 3.8) is 0 Å². The predicted octanol–water partition coefficient (Wildman–Crippen LogP) is 6.21. The van der Waals surface area contributed by atoms with Crippen LogP contribution in [-0.4, -0.2) is 9.47 Å². The summed E-state index contributed by atoms with van der Waals surface area (Å²) in [4.78, 5) is 16.5. The monoisotopic (exact) mass is 446 g/mol. The Kier molecular flexibility index (Phi) is 5.57. The summed E-state index contributed by atoms with van der Waals surface area (Å²) in [6.07, 6.45) is 1.84. The summed E-state index contributed by atoms with van der Waals surface area (Å²) in [6, 6.07) is 24.1. The van der Waals surface area contributed by atoms with Crippen molar-refractivity contribution in [2.45, 2.75) is 25.6 Å². The summed E-state index contributed by atoms with van der Waals surface area (Å²) in [6.45, 7) is 3.32. The van der Waals surface area contributed by atoms with Crippen LogP contribution in [0.5, 0.6) is 5.75 Å². The molecule has 5 rings (SSSR count). The van der Waals surface area contributed by atoms with E-state index in [1.807, 2.05) is 53.9 Å². The molecule has 0 saturated heterocycles. The summed E-state index contributed by atoms with van der Waals surface area (Å²) in [5.74, 6) is 0.592. The smallest absolute Gasteiger partial charge is 0.256 e. The van der Waals surface area contributed by atoms with Crippen LogP contribution in [0.15, 0.2) is 94.9 Å². The minimum atomic E-state index is -0.0964. The fraction of sp³-hybridized carbons (Fsp3) is 0.160. The lowest BCUT2D eigenvalue weighted by Crippen LogP contribution is -2.31. The van der Waals surface area contributed by atoms with Crippen molar-refractivity contribution in [2.75, 3.05) is 0 Å². The quantitative estimate of drug-likeness (QED) is 0.353. The molecule has 0 fully saturated rings. The van der Waals surface area contributed by atoms with Crippen LogP contribution in [0, 0.1) is 0 Å². The number of hydrogen-bond donors (Lipinski definition) is 0. The molecule has 6 heteroatoms. The van der Waals surface area contributed by atoms with Gasteiger partial charge in [-0.05, 0) is 41.5 Å². The van der Waals surface area contributed by atoms with Crippen LogP contribution in [0.3, 0.4) is 0 Å². The van der Waals surface area contributed by atoms with Gasteiger partial charge in [0.2, 0.25) is 0 Å². The Hall–Kier alpha value is -2.96. The first-order valence-corrected chi connectivity index (χ1v) is 11.9. The fourth-order valence-electron chi connectivity index (χ4n) is 3.66. The number of thiophene rings is 1. The van der Waals surface area contributed by atoms with Crippen molar-refractivity contribution in [1.29, 1.82) is 0 Å². The Balaban J connectivity index is 1.34. The van der Waals surface area contributed by atoms with Gasteiger partial charge in [0.15, 0.2) is 5.50 Å². The van der Waals surface area contributed by atoms with Gasteiger partial charge in [-0.1, -0.05) is 60.3 Å². The van der Waals surface area contributed by atoms with Crippen molar-refractivity contribution < 1.29 is 4.74 Å². The van der Waals surface area contributed by atoms with Crippen molar-refractivity contribution >= 4 is 33.2 Å².